The maximum absolute atomic E-state index is 6.19. The molecule has 2 N–H and O–H groups in total. The third kappa shape index (κ3) is 3.96. The normalized spacial score (nSPS) is 29.2. The van der Waals surface area contributed by atoms with Crippen LogP contribution in [-0.4, -0.2) is 30.1 Å². The lowest BCUT2D eigenvalue weighted by Crippen LogP contribution is -2.56. The van der Waals surface area contributed by atoms with Crippen LogP contribution >= 0.6 is 0 Å². The highest BCUT2D eigenvalue weighted by Crippen LogP contribution is 2.37. The van der Waals surface area contributed by atoms with Crippen molar-refractivity contribution in [3.05, 3.63) is 0 Å². The molecule has 0 atom stereocenters. The summed E-state index contributed by atoms with van der Waals surface area (Å²) in [4.78, 5) is 2.71. The van der Waals surface area contributed by atoms with Crippen LogP contribution < -0.4 is 5.73 Å². The van der Waals surface area contributed by atoms with Gasteiger partial charge in [0.2, 0.25) is 0 Å². The van der Waals surface area contributed by atoms with Crippen LogP contribution in [0.2, 0.25) is 0 Å². The monoisotopic (exact) mass is 254 g/mol. The van der Waals surface area contributed by atoms with Crippen molar-refractivity contribution in [2.45, 2.75) is 71.8 Å². The molecule has 0 spiro atoms. The molecule has 0 aromatic rings. The van der Waals surface area contributed by atoms with E-state index in [1.54, 1.807) is 0 Å². The van der Waals surface area contributed by atoms with Crippen molar-refractivity contribution >= 4 is 0 Å². The molecule has 0 heterocycles. The Kier molecular flexibility index (Phi) is 6.65. The first-order valence-electron chi connectivity index (χ1n) is 8.03. The van der Waals surface area contributed by atoms with E-state index in [9.17, 15) is 0 Å². The highest BCUT2D eigenvalue weighted by atomic mass is 15.2. The Bertz CT molecular complexity index is 217. The lowest BCUT2D eigenvalue weighted by atomic mass is 9.74. The summed E-state index contributed by atoms with van der Waals surface area (Å²) in [5.74, 6) is 1.69. The lowest BCUT2D eigenvalue weighted by Gasteiger charge is -2.48. The van der Waals surface area contributed by atoms with Gasteiger partial charge in [-0.25, -0.2) is 0 Å². The van der Waals surface area contributed by atoms with Gasteiger partial charge in [-0.15, -0.1) is 0 Å². The van der Waals surface area contributed by atoms with E-state index in [-0.39, 0.29) is 0 Å². The second kappa shape index (κ2) is 7.49. The van der Waals surface area contributed by atoms with Crippen molar-refractivity contribution in [1.82, 2.24) is 4.90 Å². The molecule has 1 aliphatic rings. The van der Waals surface area contributed by atoms with Crippen molar-refractivity contribution in [3.63, 3.8) is 0 Å². The van der Waals surface area contributed by atoms with Gasteiger partial charge >= 0.3 is 0 Å². The Labute approximate surface area is 114 Å². The molecule has 0 aromatic heterocycles. The Morgan fingerprint density at radius 2 is 1.83 bits per heavy atom. The average Bonchev–Trinajstić information content (AvgIpc) is 2.38. The first-order chi connectivity index (χ1) is 8.57. The fourth-order valence-corrected chi connectivity index (χ4v) is 3.51. The van der Waals surface area contributed by atoms with E-state index in [1.165, 1.54) is 51.6 Å². The van der Waals surface area contributed by atoms with Crippen molar-refractivity contribution in [3.8, 4) is 0 Å². The highest BCUT2D eigenvalue weighted by molar-refractivity contribution is 4.96. The predicted molar refractivity (Wildman–Crippen MR) is 80.7 cm³/mol. The topological polar surface area (TPSA) is 29.3 Å². The SMILES string of the molecule is CCCN(CC(C)C)C1(CN)CCC(CC)CC1. The van der Waals surface area contributed by atoms with Crippen LogP contribution in [0.15, 0.2) is 0 Å². The second-order valence-electron chi connectivity index (χ2n) is 6.62. The fourth-order valence-electron chi connectivity index (χ4n) is 3.51. The quantitative estimate of drug-likeness (QED) is 0.751. The summed E-state index contributed by atoms with van der Waals surface area (Å²) in [6, 6.07) is 0. The summed E-state index contributed by atoms with van der Waals surface area (Å²) in [5.41, 5.74) is 6.50. The second-order valence-corrected chi connectivity index (χ2v) is 6.62. The smallest absolute Gasteiger partial charge is 0.0332 e. The maximum atomic E-state index is 6.19. The summed E-state index contributed by atoms with van der Waals surface area (Å²) >= 11 is 0. The molecule has 0 bridgehead atoms. The standard InChI is InChI=1S/C16H34N2/c1-5-11-18(12-14(3)4)16(13-17)9-7-15(6-2)8-10-16/h14-15H,5-13,17H2,1-4H3. The maximum Gasteiger partial charge on any atom is 0.0332 e. The minimum absolute atomic E-state index is 0.311. The Hall–Kier alpha value is -0.0800. The molecule has 18 heavy (non-hydrogen) atoms. The summed E-state index contributed by atoms with van der Waals surface area (Å²) in [5, 5.41) is 0. The van der Waals surface area contributed by atoms with Gasteiger partial charge in [0.15, 0.2) is 0 Å². The molecule has 108 valence electrons. The van der Waals surface area contributed by atoms with Crippen LogP contribution in [0, 0.1) is 11.8 Å². The molecule has 1 aliphatic carbocycles. The summed E-state index contributed by atoms with van der Waals surface area (Å²) in [6.07, 6.45) is 7.98. The van der Waals surface area contributed by atoms with E-state index in [1.807, 2.05) is 0 Å². The van der Waals surface area contributed by atoms with Gasteiger partial charge in [-0.05, 0) is 50.5 Å². The number of rotatable bonds is 7. The van der Waals surface area contributed by atoms with E-state index in [0.29, 0.717) is 5.54 Å². The Morgan fingerprint density at radius 3 is 2.22 bits per heavy atom. The molecular formula is C16H34N2. The third-order valence-electron chi connectivity index (χ3n) is 4.74. The molecule has 2 nitrogen and oxygen atoms in total. The summed E-state index contributed by atoms with van der Waals surface area (Å²) in [6.45, 7) is 12.5. The number of hydrogen-bond acceptors (Lipinski definition) is 2. The first kappa shape index (κ1) is 16.0. The summed E-state index contributed by atoms with van der Waals surface area (Å²) < 4.78 is 0. The van der Waals surface area contributed by atoms with Crippen LogP contribution in [0.4, 0.5) is 0 Å². The first-order valence-corrected chi connectivity index (χ1v) is 8.03. The van der Waals surface area contributed by atoms with Gasteiger partial charge in [0.25, 0.3) is 0 Å². The molecule has 1 rings (SSSR count). The molecule has 0 saturated heterocycles. The van der Waals surface area contributed by atoms with Gasteiger partial charge < -0.3 is 5.73 Å². The van der Waals surface area contributed by atoms with Gasteiger partial charge in [0.1, 0.15) is 0 Å². The van der Waals surface area contributed by atoms with Crippen LogP contribution in [0.1, 0.15) is 66.2 Å². The van der Waals surface area contributed by atoms with E-state index >= 15 is 0 Å². The Balaban J connectivity index is 2.70. The summed E-state index contributed by atoms with van der Waals surface area (Å²) in [7, 11) is 0. The van der Waals surface area contributed by atoms with E-state index < -0.39 is 0 Å². The minimum Gasteiger partial charge on any atom is -0.329 e. The van der Waals surface area contributed by atoms with Gasteiger partial charge in [-0.3, -0.25) is 4.90 Å². The van der Waals surface area contributed by atoms with Crippen molar-refractivity contribution < 1.29 is 0 Å². The largest absolute Gasteiger partial charge is 0.329 e. The molecule has 1 fully saturated rings. The minimum atomic E-state index is 0.311. The third-order valence-corrected chi connectivity index (χ3v) is 4.74. The van der Waals surface area contributed by atoms with Crippen LogP contribution in [0.3, 0.4) is 0 Å². The predicted octanol–water partition coefficient (Wildman–Crippen LogP) is 3.65. The molecule has 1 saturated carbocycles. The zero-order chi connectivity index (χ0) is 13.6. The lowest BCUT2D eigenvalue weighted by molar-refractivity contribution is 0.0324. The van der Waals surface area contributed by atoms with Crippen LogP contribution in [0.25, 0.3) is 0 Å². The van der Waals surface area contributed by atoms with Crippen molar-refractivity contribution in [1.29, 1.82) is 0 Å². The molecule has 2 heteroatoms. The highest BCUT2D eigenvalue weighted by Gasteiger charge is 2.38. The molecule has 0 aromatic carbocycles. The van der Waals surface area contributed by atoms with Gasteiger partial charge in [-0.1, -0.05) is 34.1 Å². The fraction of sp³-hybridized carbons (Fsp3) is 1.00. The van der Waals surface area contributed by atoms with Gasteiger partial charge in [0.05, 0.1) is 0 Å². The molecular weight excluding hydrogens is 220 g/mol. The number of nitrogens with two attached hydrogens (primary N) is 1. The molecule has 0 aliphatic heterocycles. The van der Waals surface area contributed by atoms with Crippen molar-refractivity contribution in [2.75, 3.05) is 19.6 Å². The van der Waals surface area contributed by atoms with E-state index in [4.69, 9.17) is 5.73 Å². The number of nitrogens with zero attached hydrogens (tertiary/aromatic N) is 1. The molecule has 0 radical (unpaired) electrons. The van der Waals surface area contributed by atoms with Crippen LogP contribution in [-0.2, 0) is 0 Å². The average molecular weight is 254 g/mol. The zero-order valence-corrected chi connectivity index (χ0v) is 13.0. The molecule has 0 amide bonds. The Morgan fingerprint density at radius 1 is 1.22 bits per heavy atom. The van der Waals surface area contributed by atoms with E-state index in [0.717, 1.165) is 18.4 Å². The van der Waals surface area contributed by atoms with Crippen LogP contribution in [0.5, 0.6) is 0 Å². The zero-order valence-electron chi connectivity index (χ0n) is 13.0. The molecule has 0 unspecified atom stereocenters. The van der Waals surface area contributed by atoms with Gasteiger partial charge in [0, 0.05) is 18.6 Å². The van der Waals surface area contributed by atoms with Gasteiger partial charge in [-0.2, -0.15) is 0 Å². The van der Waals surface area contributed by atoms with E-state index in [2.05, 4.69) is 32.6 Å². The number of hydrogen-bond donors (Lipinski definition) is 1. The van der Waals surface area contributed by atoms with Crippen molar-refractivity contribution in [2.24, 2.45) is 17.6 Å².